The Bertz CT molecular complexity index is 473. The maximum atomic E-state index is 12.3. The first-order chi connectivity index (χ1) is 9.50. The molecule has 1 N–H and O–H groups in total. The van der Waals surface area contributed by atoms with Crippen LogP contribution in [0.25, 0.3) is 0 Å². The van der Waals surface area contributed by atoms with Gasteiger partial charge in [-0.05, 0) is 32.8 Å². The van der Waals surface area contributed by atoms with E-state index in [1.165, 1.54) is 0 Å². The largest absolute Gasteiger partial charge is 0.388 e. The Morgan fingerprint density at radius 1 is 1.45 bits per heavy atom. The summed E-state index contributed by atoms with van der Waals surface area (Å²) >= 11 is 0. The molecular weight excluding hydrogens is 252 g/mol. The predicted octanol–water partition coefficient (Wildman–Crippen LogP) is 2.19. The number of carbonyl (C=O) groups excluding carboxylic acids is 1. The van der Waals surface area contributed by atoms with Crippen molar-refractivity contribution in [1.82, 2.24) is 4.90 Å². The molecule has 1 amide bonds. The van der Waals surface area contributed by atoms with Gasteiger partial charge in [0.25, 0.3) is 0 Å². The van der Waals surface area contributed by atoms with E-state index in [-0.39, 0.29) is 11.9 Å². The lowest BCUT2D eigenvalue weighted by Crippen LogP contribution is -2.41. The van der Waals surface area contributed by atoms with Gasteiger partial charge in [-0.25, -0.2) is 0 Å². The minimum Gasteiger partial charge on any atom is -0.388 e. The quantitative estimate of drug-likeness (QED) is 0.920. The van der Waals surface area contributed by atoms with Gasteiger partial charge in [0.1, 0.15) is 0 Å². The first-order valence-electron chi connectivity index (χ1n) is 7.28. The van der Waals surface area contributed by atoms with Crippen LogP contribution in [0.1, 0.15) is 38.4 Å². The number of amides is 1. The van der Waals surface area contributed by atoms with Crippen LogP contribution in [0.5, 0.6) is 0 Å². The molecule has 1 aliphatic rings. The summed E-state index contributed by atoms with van der Waals surface area (Å²) in [6.45, 7) is 5.21. The number of aliphatic hydroxyl groups excluding tert-OH is 1. The molecule has 0 fully saturated rings. The molecule has 1 aromatic rings. The summed E-state index contributed by atoms with van der Waals surface area (Å²) in [4.78, 5) is 16.1. The van der Waals surface area contributed by atoms with Crippen molar-refractivity contribution in [2.75, 3.05) is 25.0 Å². The van der Waals surface area contributed by atoms with Crippen molar-refractivity contribution in [3.05, 3.63) is 29.8 Å². The highest BCUT2D eigenvalue weighted by Crippen LogP contribution is 2.32. The smallest absolute Gasteiger partial charge is 0.242 e. The van der Waals surface area contributed by atoms with Crippen LogP contribution in [0.4, 0.5) is 5.69 Å². The van der Waals surface area contributed by atoms with Crippen LogP contribution in [0.2, 0.25) is 0 Å². The molecular formula is C16H24N2O2. The average molecular weight is 276 g/mol. The number of benzene rings is 1. The summed E-state index contributed by atoms with van der Waals surface area (Å²) in [7, 11) is 1.84. The van der Waals surface area contributed by atoms with Crippen molar-refractivity contribution in [3.8, 4) is 0 Å². The summed E-state index contributed by atoms with van der Waals surface area (Å²) in [5, 5.41) is 10.2. The fourth-order valence-electron chi connectivity index (χ4n) is 2.54. The van der Waals surface area contributed by atoms with Gasteiger partial charge in [-0.2, -0.15) is 0 Å². The Labute approximate surface area is 121 Å². The van der Waals surface area contributed by atoms with E-state index in [4.69, 9.17) is 0 Å². The van der Waals surface area contributed by atoms with Gasteiger partial charge in [-0.15, -0.1) is 0 Å². The van der Waals surface area contributed by atoms with Gasteiger partial charge < -0.3 is 14.9 Å². The fraction of sp³-hybridized carbons (Fsp3) is 0.562. The van der Waals surface area contributed by atoms with Crippen LogP contribution < -0.4 is 4.90 Å². The maximum Gasteiger partial charge on any atom is 0.242 e. The molecule has 110 valence electrons. The van der Waals surface area contributed by atoms with Crippen molar-refractivity contribution < 1.29 is 9.90 Å². The lowest BCUT2D eigenvalue weighted by Gasteiger charge is -2.28. The van der Waals surface area contributed by atoms with Gasteiger partial charge in [-0.3, -0.25) is 4.79 Å². The summed E-state index contributed by atoms with van der Waals surface area (Å²) in [6.07, 6.45) is 1.23. The third kappa shape index (κ3) is 3.12. The Morgan fingerprint density at radius 3 is 2.85 bits per heavy atom. The number of hydrogen-bond acceptors (Lipinski definition) is 3. The molecule has 1 aromatic carbocycles. The van der Waals surface area contributed by atoms with Crippen molar-refractivity contribution in [1.29, 1.82) is 0 Å². The van der Waals surface area contributed by atoms with Gasteiger partial charge >= 0.3 is 0 Å². The molecule has 1 heterocycles. The molecule has 0 saturated carbocycles. The highest BCUT2D eigenvalue weighted by molar-refractivity contribution is 5.82. The number of rotatable bonds is 3. The molecule has 1 unspecified atom stereocenters. The molecule has 0 bridgehead atoms. The minimum atomic E-state index is -0.422. The molecule has 0 aromatic heterocycles. The maximum absolute atomic E-state index is 12.3. The van der Waals surface area contributed by atoms with Crippen molar-refractivity contribution in [2.45, 2.75) is 38.8 Å². The molecule has 0 aliphatic carbocycles. The minimum absolute atomic E-state index is 0.117. The third-order valence-corrected chi connectivity index (χ3v) is 4.04. The van der Waals surface area contributed by atoms with E-state index < -0.39 is 6.10 Å². The number of nitrogens with zero attached hydrogens (tertiary/aromatic N) is 2. The Hall–Kier alpha value is -1.55. The highest BCUT2D eigenvalue weighted by Gasteiger charge is 2.23. The number of carbonyl (C=O) groups is 1. The number of hydrogen-bond donors (Lipinski definition) is 1. The number of para-hydroxylation sites is 1. The predicted molar refractivity (Wildman–Crippen MR) is 80.8 cm³/mol. The molecule has 4 nitrogen and oxygen atoms in total. The fourth-order valence-corrected chi connectivity index (χ4v) is 2.54. The van der Waals surface area contributed by atoms with Crippen molar-refractivity contribution in [3.63, 3.8) is 0 Å². The topological polar surface area (TPSA) is 43.8 Å². The van der Waals surface area contributed by atoms with Crippen LogP contribution in [0.15, 0.2) is 24.3 Å². The molecule has 1 atom stereocenters. The molecule has 2 rings (SSSR count). The summed E-state index contributed by atoms with van der Waals surface area (Å²) < 4.78 is 0. The number of anilines is 1. The second-order valence-corrected chi connectivity index (χ2v) is 5.74. The van der Waals surface area contributed by atoms with E-state index in [2.05, 4.69) is 4.90 Å². The van der Waals surface area contributed by atoms with Crippen LogP contribution in [0, 0.1) is 0 Å². The van der Waals surface area contributed by atoms with Gasteiger partial charge in [0.2, 0.25) is 5.91 Å². The summed E-state index contributed by atoms with van der Waals surface area (Å²) in [5.74, 6) is 0.117. The van der Waals surface area contributed by atoms with Crippen molar-refractivity contribution in [2.24, 2.45) is 0 Å². The zero-order chi connectivity index (χ0) is 14.7. The molecule has 0 saturated heterocycles. The molecule has 1 aliphatic heterocycles. The first-order valence-corrected chi connectivity index (χ1v) is 7.28. The molecule has 20 heavy (non-hydrogen) atoms. The zero-order valence-electron chi connectivity index (χ0n) is 12.5. The van der Waals surface area contributed by atoms with E-state index >= 15 is 0 Å². The summed E-state index contributed by atoms with van der Waals surface area (Å²) in [6, 6.07) is 8.05. The zero-order valence-corrected chi connectivity index (χ0v) is 12.5. The number of fused-ring (bicyclic) bond motifs is 1. The molecule has 0 spiro atoms. The monoisotopic (exact) mass is 276 g/mol. The first kappa shape index (κ1) is 14.9. The van der Waals surface area contributed by atoms with Crippen LogP contribution in [-0.2, 0) is 4.79 Å². The SMILES string of the molecule is CC(C)N(C)C(=O)CN1CCCC(O)c2ccccc21. The van der Waals surface area contributed by atoms with Gasteiger partial charge in [0, 0.05) is 30.9 Å². The van der Waals surface area contributed by atoms with E-state index in [9.17, 15) is 9.90 Å². The Kier molecular flexibility index (Phi) is 4.65. The lowest BCUT2D eigenvalue weighted by molar-refractivity contribution is -0.129. The number of likely N-dealkylation sites (N-methyl/N-ethyl adjacent to an activating group) is 1. The van der Waals surface area contributed by atoms with Crippen LogP contribution in [-0.4, -0.2) is 42.1 Å². The van der Waals surface area contributed by atoms with Crippen molar-refractivity contribution >= 4 is 11.6 Å². The normalized spacial score (nSPS) is 18.6. The van der Waals surface area contributed by atoms with Gasteiger partial charge in [0.15, 0.2) is 0 Å². The second-order valence-electron chi connectivity index (χ2n) is 5.74. The molecule has 0 radical (unpaired) electrons. The summed E-state index contributed by atoms with van der Waals surface area (Å²) in [5.41, 5.74) is 1.92. The highest BCUT2D eigenvalue weighted by atomic mass is 16.3. The standard InChI is InChI=1S/C16H24N2O2/c1-12(2)17(3)16(20)11-18-10-6-9-15(19)13-7-4-5-8-14(13)18/h4-5,7-8,12,15,19H,6,9-11H2,1-3H3. The Morgan fingerprint density at radius 2 is 2.15 bits per heavy atom. The third-order valence-electron chi connectivity index (χ3n) is 4.04. The average Bonchev–Trinajstić information content (AvgIpc) is 2.59. The van der Waals surface area contributed by atoms with Gasteiger partial charge in [0.05, 0.1) is 12.6 Å². The number of aliphatic hydroxyl groups is 1. The lowest BCUT2D eigenvalue weighted by atomic mass is 10.0. The molecule has 4 heteroatoms. The van der Waals surface area contributed by atoms with E-state index in [0.29, 0.717) is 6.54 Å². The van der Waals surface area contributed by atoms with E-state index in [0.717, 1.165) is 30.6 Å². The van der Waals surface area contributed by atoms with E-state index in [1.54, 1.807) is 4.90 Å². The van der Waals surface area contributed by atoms with Crippen LogP contribution in [0.3, 0.4) is 0 Å². The van der Waals surface area contributed by atoms with Crippen LogP contribution >= 0.6 is 0 Å². The van der Waals surface area contributed by atoms with Gasteiger partial charge in [-0.1, -0.05) is 18.2 Å². The van der Waals surface area contributed by atoms with E-state index in [1.807, 2.05) is 45.2 Å². The Balaban J connectivity index is 2.20. The second kappa shape index (κ2) is 6.27.